The largest absolute Gasteiger partial charge is 0.360 e. The van der Waals surface area contributed by atoms with Crippen molar-refractivity contribution in [3.63, 3.8) is 0 Å². The van der Waals surface area contributed by atoms with Gasteiger partial charge in [-0.05, 0) is 30.0 Å². The second-order valence-electron chi connectivity index (χ2n) is 4.72. The Morgan fingerprint density at radius 1 is 1.08 bits per heavy atom. The van der Waals surface area contributed by atoms with Crippen molar-refractivity contribution < 1.29 is 4.79 Å². The maximum absolute atomic E-state index is 12.3. The third-order valence-corrected chi connectivity index (χ3v) is 5.43. The summed E-state index contributed by atoms with van der Waals surface area (Å²) in [7, 11) is 0. The highest BCUT2D eigenvalue weighted by Gasteiger charge is 2.16. The van der Waals surface area contributed by atoms with Crippen molar-refractivity contribution in [3.8, 4) is 0 Å². The van der Waals surface area contributed by atoms with E-state index in [1.165, 1.54) is 16.2 Å². The second kappa shape index (κ2) is 7.94. The van der Waals surface area contributed by atoms with E-state index in [1.54, 1.807) is 29.5 Å². The molecule has 3 rings (SSSR count). The number of hydrogen-bond donors (Lipinski definition) is 2. The van der Waals surface area contributed by atoms with Crippen molar-refractivity contribution in [3.05, 3.63) is 56.2 Å². The lowest BCUT2D eigenvalue weighted by Gasteiger charge is -2.05. The van der Waals surface area contributed by atoms with Crippen molar-refractivity contribution in [2.45, 2.75) is 6.42 Å². The van der Waals surface area contributed by atoms with Crippen LogP contribution < -0.4 is 10.6 Å². The third kappa shape index (κ3) is 4.24. The molecule has 5 nitrogen and oxygen atoms in total. The average Bonchev–Trinajstić information content (AvgIpc) is 3.19. The van der Waals surface area contributed by atoms with E-state index in [4.69, 9.17) is 23.2 Å². The molecular formula is C15H12Cl2N4OS2. The number of anilines is 2. The molecule has 124 valence electrons. The van der Waals surface area contributed by atoms with Crippen molar-refractivity contribution in [2.24, 2.45) is 0 Å². The number of nitrogens with one attached hydrogen (secondary N) is 2. The predicted octanol–water partition coefficient (Wildman–Crippen LogP) is 4.81. The Labute approximate surface area is 156 Å². The van der Waals surface area contributed by atoms with E-state index in [0.29, 0.717) is 20.3 Å². The van der Waals surface area contributed by atoms with Gasteiger partial charge in [-0.1, -0.05) is 46.7 Å². The zero-order chi connectivity index (χ0) is 16.9. The number of carbonyl (C=O) groups is 1. The van der Waals surface area contributed by atoms with Crippen LogP contribution in [0.4, 0.5) is 10.3 Å². The predicted molar refractivity (Wildman–Crippen MR) is 101 cm³/mol. The van der Waals surface area contributed by atoms with Gasteiger partial charge in [-0.15, -0.1) is 21.5 Å². The summed E-state index contributed by atoms with van der Waals surface area (Å²) in [5, 5.41) is 17.5. The van der Waals surface area contributed by atoms with E-state index >= 15 is 0 Å². The van der Waals surface area contributed by atoms with Crippen LogP contribution in [-0.2, 0) is 6.42 Å². The first-order chi connectivity index (χ1) is 11.6. The number of halogens is 2. The van der Waals surface area contributed by atoms with Crippen LogP contribution in [0, 0.1) is 0 Å². The van der Waals surface area contributed by atoms with Gasteiger partial charge in [-0.2, -0.15) is 0 Å². The summed E-state index contributed by atoms with van der Waals surface area (Å²) in [5.41, 5.74) is 0.225. The van der Waals surface area contributed by atoms with E-state index < -0.39 is 5.91 Å². The van der Waals surface area contributed by atoms with Crippen molar-refractivity contribution in [2.75, 3.05) is 17.2 Å². The number of thiophene rings is 1. The summed E-state index contributed by atoms with van der Waals surface area (Å²) in [6, 6.07) is 9.02. The minimum atomic E-state index is -0.410. The maximum atomic E-state index is 12.3. The number of amides is 1. The number of aromatic nitrogens is 2. The minimum absolute atomic E-state index is 0.225. The van der Waals surface area contributed by atoms with Crippen LogP contribution in [0.5, 0.6) is 0 Å². The van der Waals surface area contributed by atoms with Gasteiger partial charge in [0.1, 0.15) is 0 Å². The molecule has 1 aromatic carbocycles. The van der Waals surface area contributed by atoms with Crippen LogP contribution in [0.15, 0.2) is 35.7 Å². The molecule has 24 heavy (non-hydrogen) atoms. The van der Waals surface area contributed by atoms with Crippen molar-refractivity contribution in [1.82, 2.24) is 10.2 Å². The highest BCUT2D eigenvalue weighted by Crippen LogP contribution is 2.26. The topological polar surface area (TPSA) is 66.9 Å². The highest BCUT2D eigenvalue weighted by atomic mass is 35.5. The molecule has 0 aliphatic carbocycles. The second-order valence-corrected chi connectivity index (χ2v) is 7.54. The van der Waals surface area contributed by atoms with Gasteiger partial charge in [0, 0.05) is 11.4 Å². The molecule has 0 aliphatic heterocycles. The van der Waals surface area contributed by atoms with Gasteiger partial charge in [0.05, 0.1) is 15.6 Å². The molecular weight excluding hydrogens is 387 g/mol. The molecule has 0 radical (unpaired) electrons. The lowest BCUT2D eigenvalue weighted by atomic mass is 10.2. The molecule has 2 heterocycles. The van der Waals surface area contributed by atoms with Gasteiger partial charge in [0.15, 0.2) is 0 Å². The smallest absolute Gasteiger partial charge is 0.260 e. The highest BCUT2D eigenvalue weighted by molar-refractivity contribution is 7.19. The Bertz CT molecular complexity index is 816. The summed E-state index contributed by atoms with van der Waals surface area (Å²) >= 11 is 15.0. The van der Waals surface area contributed by atoms with Gasteiger partial charge in [0.25, 0.3) is 5.91 Å². The number of benzene rings is 1. The van der Waals surface area contributed by atoms with E-state index in [-0.39, 0.29) is 5.56 Å². The number of nitrogens with zero attached hydrogens (tertiary/aromatic N) is 2. The van der Waals surface area contributed by atoms with Gasteiger partial charge in [0.2, 0.25) is 10.3 Å². The van der Waals surface area contributed by atoms with Crippen LogP contribution in [0.1, 0.15) is 15.2 Å². The summed E-state index contributed by atoms with van der Waals surface area (Å²) in [6.07, 6.45) is 0.911. The fraction of sp³-hybridized carbons (Fsp3) is 0.133. The molecule has 2 aromatic heterocycles. The van der Waals surface area contributed by atoms with E-state index in [2.05, 4.69) is 26.9 Å². The Morgan fingerprint density at radius 3 is 2.54 bits per heavy atom. The third-order valence-electron chi connectivity index (χ3n) is 3.06. The quantitative estimate of drug-likeness (QED) is 0.624. The zero-order valence-corrected chi connectivity index (χ0v) is 15.4. The first-order valence-corrected chi connectivity index (χ1v) is 9.44. The maximum Gasteiger partial charge on any atom is 0.260 e. The zero-order valence-electron chi connectivity index (χ0n) is 12.3. The molecule has 2 N–H and O–H groups in total. The van der Waals surface area contributed by atoms with Crippen LogP contribution in [0.2, 0.25) is 10.0 Å². The fourth-order valence-corrected chi connectivity index (χ4v) is 3.91. The van der Waals surface area contributed by atoms with Gasteiger partial charge in [-0.3, -0.25) is 10.1 Å². The Kier molecular flexibility index (Phi) is 5.68. The first kappa shape index (κ1) is 17.2. The molecule has 3 aromatic rings. The molecule has 9 heteroatoms. The molecule has 0 unspecified atom stereocenters. The SMILES string of the molecule is O=C(Nc1nnc(NCCc2cccs2)s1)c1c(Cl)cccc1Cl. The van der Waals surface area contributed by atoms with E-state index in [0.717, 1.165) is 13.0 Å². The number of carbonyl (C=O) groups excluding carboxylic acids is 1. The summed E-state index contributed by atoms with van der Waals surface area (Å²) in [4.78, 5) is 13.6. The molecule has 0 spiro atoms. The first-order valence-electron chi connectivity index (χ1n) is 6.98. The van der Waals surface area contributed by atoms with Crippen molar-refractivity contribution >= 4 is 62.0 Å². The lowest BCUT2D eigenvalue weighted by Crippen LogP contribution is -2.12. The molecule has 0 saturated carbocycles. The molecule has 1 amide bonds. The van der Waals surface area contributed by atoms with Gasteiger partial charge >= 0.3 is 0 Å². The molecule has 0 bridgehead atoms. The lowest BCUT2D eigenvalue weighted by molar-refractivity contribution is 0.102. The molecule has 0 saturated heterocycles. The van der Waals surface area contributed by atoms with E-state index in [9.17, 15) is 4.79 Å². The molecule has 0 aliphatic rings. The number of hydrogen-bond acceptors (Lipinski definition) is 6. The Hall–Kier alpha value is -1.67. The monoisotopic (exact) mass is 398 g/mol. The van der Waals surface area contributed by atoms with Crippen molar-refractivity contribution in [1.29, 1.82) is 0 Å². The van der Waals surface area contributed by atoms with Crippen LogP contribution in [-0.4, -0.2) is 22.6 Å². The van der Waals surface area contributed by atoms with Crippen LogP contribution in [0.25, 0.3) is 0 Å². The Morgan fingerprint density at radius 2 is 1.83 bits per heavy atom. The fourth-order valence-electron chi connectivity index (χ4n) is 1.97. The molecule has 0 atom stereocenters. The summed E-state index contributed by atoms with van der Waals surface area (Å²) in [5.74, 6) is -0.410. The van der Waals surface area contributed by atoms with Gasteiger partial charge in [-0.25, -0.2) is 0 Å². The number of rotatable bonds is 6. The minimum Gasteiger partial charge on any atom is -0.360 e. The Balaban J connectivity index is 1.58. The molecule has 0 fully saturated rings. The summed E-state index contributed by atoms with van der Waals surface area (Å²) in [6.45, 7) is 0.749. The van der Waals surface area contributed by atoms with E-state index in [1.807, 2.05) is 11.4 Å². The van der Waals surface area contributed by atoms with Crippen LogP contribution in [0.3, 0.4) is 0 Å². The van der Waals surface area contributed by atoms with Crippen LogP contribution >= 0.6 is 45.9 Å². The normalized spacial score (nSPS) is 10.6. The van der Waals surface area contributed by atoms with Gasteiger partial charge < -0.3 is 5.32 Å². The standard InChI is InChI=1S/C15H12Cl2N4OS2/c16-10-4-1-5-11(17)12(10)13(22)19-15-21-20-14(24-15)18-7-6-9-3-2-8-23-9/h1-5,8H,6-7H2,(H,18,20)(H,19,21,22). The average molecular weight is 399 g/mol. The summed E-state index contributed by atoms with van der Waals surface area (Å²) < 4.78 is 0.